The molecule has 0 unspecified atom stereocenters. The molecule has 1 aliphatic carbocycles. The summed E-state index contributed by atoms with van der Waals surface area (Å²) in [5.41, 5.74) is 5.43. The van der Waals surface area contributed by atoms with Crippen LogP contribution in [0.2, 0.25) is 5.02 Å². The number of nitrogens with one attached hydrogen (secondary N) is 2. The number of halogens is 3. The molecular weight excluding hydrogens is 420 g/mol. The summed E-state index contributed by atoms with van der Waals surface area (Å²) in [5, 5.41) is 4.85. The maximum Gasteiger partial charge on any atom is 0.272 e. The Kier molecular flexibility index (Phi) is 6.35. The monoisotopic (exact) mass is 439 g/mol. The van der Waals surface area contributed by atoms with Gasteiger partial charge in [-0.1, -0.05) is 11.6 Å². The first-order valence-corrected chi connectivity index (χ1v) is 9.64. The zero-order valence-electron chi connectivity index (χ0n) is 16.0. The van der Waals surface area contributed by atoms with Gasteiger partial charge in [0, 0.05) is 25.1 Å². The SMILES string of the molecule is CNC(=O)c1ncn(C2CCC(C(=O)Nc3cc(F)c(F)cc3Cl)CC2)c1C(N)=O. The molecule has 1 fully saturated rings. The van der Waals surface area contributed by atoms with Crippen molar-refractivity contribution in [2.75, 3.05) is 12.4 Å². The summed E-state index contributed by atoms with van der Waals surface area (Å²) in [6, 6.07) is 1.48. The Labute approximate surface area is 175 Å². The normalized spacial score (nSPS) is 18.7. The largest absolute Gasteiger partial charge is 0.364 e. The first-order chi connectivity index (χ1) is 14.2. The lowest BCUT2D eigenvalue weighted by molar-refractivity contribution is -0.121. The molecule has 160 valence electrons. The molecule has 1 aliphatic rings. The Morgan fingerprint density at radius 3 is 2.40 bits per heavy atom. The smallest absolute Gasteiger partial charge is 0.272 e. The number of nitrogens with two attached hydrogens (primary N) is 1. The van der Waals surface area contributed by atoms with Gasteiger partial charge in [0.15, 0.2) is 17.3 Å². The van der Waals surface area contributed by atoms with Crippen LogP contribution in [0.1, 0.15) is 52.7 Å². The topological polar surface area (TPSA) is 119 Å². The van der Waals surface area contributed by atoms with Gasteiger partial charge in [0.25, 0.3) is 11.8 Å². The summed E-state index contributed by atoms with van der Waals surface area (Å²) in [4.78, 5) is 40.3. The van der Waals surface area contributed by atoms with Crippen LogP contribution in [0.15, 0.2) is 18.5 Å². The first kappa shape index (κ1) is 21.7. The number of carbonyl (C=O) groups is 3. The summed E-state index contributed by atoms with van der Waals surface area (Å²) >= 11 is 5.87. The predicted molar refractivity (Wildman–Crippen MR) is 105 cm³/mol. The molecule has 4 N–H and O–H groups in total. The van der Waals surface area contributed by atoms with Crippen LogP contribution in [-0.4, -0.2) is 34.3 Å². The number of hydrogen-bond acceptors (Lipinski definition) is 4. The highest BCUT2D eigenvalue weighted by Crippen LogP contribution is 2.35. The molecular formula is C19H20ClF2N5O3. The van der Waals surface area contributed by atoms with Crippen molar-refractivity contribution in [3.05, 3.63) is 46.5 Å². The third-order valence-corrected chi connectivity index (χ3v) is 5.51. The third kappa shape index (κ3) is 4.28. The van der Waals surface area contributed by atoms with Gasteiger partial charge >= 0.3 is 0 Å². The second kappa shape index (κ2) is 8.78. The number of aromatic nitrogens is 2. The Hall–Kier alpha value is -3.01. The highest BCUT2D eigenvalue weighted by molar-refractivity contribution is 6.33. The number of hydrogen-bond donors (Lipinski definition) is 3. The van der Waals surface area contributed by atoms with E-state index in [4.69, 9.17) is 17.3 Å². The van der Waals surface area contributed by atoms with Crippen LogP contribution in [0.5, 0.6) is 0 Å². The molecule has 0 bridgehead atoms. The molecule has 0 radical (unpaired) electrons. The van der Waals surface area contributed by atoms with Crippen molar-refractivity contribution in [1.29, 1.82) is 0 Å². The number of nitrogens with zero attached hydrogens (tertiary/aromatic N) is 2. The van der Waals surface area contributed by atoms with Gasteiger partial charge in [-0.25, -0.2) is 13.8 Å². The van der Waals surface area contributed by atoms with E-state index in [1.54, 1.807) is 4.57 Å². The molecule has 3 amide bonds. The van der Waals surface area contributed by atoms with E-state index in [-0.39, 0.29) is 40.0 Å². The number of anilines is 1. The van der Waals surface area contributed by atoms with Gasteiger partial charge in [0.1, 0.15) is 5.69 Å². The fourth-order valence-corrected chi connectivity index (χ4v) is 3.83. The third-order valence-electron chi connectivity index (χ3n) is 5.20. The zero-order valence-corrected chi connectivity index (χ0v) is 16.8. The molecule has 1 heterocycles. The van der Waals surface area contributed by atoms with Gasteiger partial charge in [-0.2, -0.15) is 0 Å². The van der Waals surface area contributed by atoms with Crippen molar-refractivity contribution in [2.24, 2.45) is 11.7 Å². The first-order valence-electron chi connectivity index (χ1n) is 9.27. The summed E-state index contributed by atoms with van der Waals surface area (Å²) in [6.45, 7) is 0. The maximum absolute atomic E-state index is 13.4. The maximum atomic E-state index is 13.4. The number of primary amides is 1. The molecule has 0 aliphatic heterocycles. The molecule has 8 nitrogen and oxygen atoms in total. The van der Waals surface area contributed by atoms with Crippen molar-refractivity contribution in [1.82, 2.24) is 14.9 Å². The average molecular weight is 440 g/mol. The van der Waals surface area contributed by atoms with Crippen LogP contribution < -0.4 is 16.4 Å². The fraction of sp³-hybridized carbons (Fsp3) is 0.368. The van der Waals surface area contributed by atoms with E-state index in [0.29, 0.717) is 25.7 Å². The van der Waals surface area contributed by atoms with E-state index in [9.17, 15) is 23.2 Å². The zero-order chi connectivity index (χ0) is 22.0. The van der Waals surface area contributed by atoms with Crippen molar-refractivity contribution in [3.8, 4) is 0 Å². The molecule has 3 rings (SSSR count). The van der Waals surface area contributed by atoms with Gasteiger partial charge in [-0.05, 0) is 31.7 Å². The Morgan fingerprint density at radius 1 is 1.17 bits per heavy atom. The standard InChI is InChI=1S/C19H20ClF2N5O3/c1-24-19(30)15-16(17(23)28)27(8-25-15)10-4-2-9(3-5-10)18(29)26-14-7-13(22)12(21)6-11(14)20/h6-10H,2-5H2,1H3,(H2,23,28)(H,24,30)(H,26,29). The summed E-state index contributed by atoms with van der Waals surface area (Å²) in [5.74, 6) is -4.21. The minimum absolute atomic E-state index is 0.00327. The van der Waals surface area contributed by atoms with E-state index >= 15 is 0 Å². The van der Waals surface area contributed by atoms with E-state index in [0.717, 1.165) is 12.1 Å². The summed E-state index contributed by atoms with van der Waals surface area (Å²) < 4.78 is 28.2. The summed E-state index contributed by atoms with van der Waals surface area (Å²) in [6.07, 6.45) is 3.42. The van der Waals surface area contributed by atoms with E-state index < -0.39 is 23.4 Å². The highest BCUT2D eigenvalue weighted by Gasteiger charge is 2.31. The van der Waals surface area contributed by atoms with Gasteiger partial charge < -0.3 is 20.9 Å². The van der Waals surface area contributed by atoms with Crippen LogP contribution in [0.4, 0.5) is 14.5 Å². The number of imidazole rings is 1. The molecule has 30 heavy (non-hydrogen) atoms. The Bertz CT molecular complexity index is 1000. The van der Waals surface area contributed by atoms with Crippen LogP contribution in [0, 0.1) is 17.6 Å². The van der Waals surface area contributed by atoms with Crippen LogP contribution in [0.25, 0.3) is 0 Å². The van der Waals surface area contributed by atoms with Crippen LogP contribution in [-0.2, 0) is 4.79 Å². The molecule has 1 aromatic carbocycles. The second-order valence-corrected chi connectivity index (χ2v) is 7.44. The molecule has 1 aromatic heterocycles. The second-order valence-electron chi connectivity index (χ2n) is 7.03. The lowest BCUT2D eigenvalue weighted by atomic mass is 9.85. The lowest BCUT2D eigenvalue weighted by Gasteiger charge is -2.29. The summed E-state index contributed by atoms with van der Waals surface area (Å²) in [7, 11) is 1.43. The minimum atomic E-state index is -1.11. The number of amides is 3. The van der Waals surface area contributed by atoms with E-state index in [1.807, 2.05) is 0 Å². The van der Waals surface area contributed by atoms with Gasteiger partial charge in [-0.3, -0.25) is 14.4 Å². The molecule has 2 aromatic rings. The quantitative estimate of drug-likeness (QED) is 0.620. The van der Waals surface area contributed by atoms with E-state index in [1.165, 1.54) is 13.4 Å². The van der Waals surface area contributed by atoms with Crippen molar-refractivity contribution in [3.63, 3.8) is 0 Å². The molecule has 0 spiro atoms. The Balaban J connectivity index is 1.69. The van der Waals surface area contributed by atoms with Crippen molar-refractivity contribution < 1.29 is 23.2 Å². The van der Waals surface area contributed by atoms with Crippen molar-refractivity contribution >= 4 is 35.0 Å². The molecule has 1 saturated carbocycles. The molecule has 0 atom stereocenters. The van der Waals surface area contributed by atoms with Gasteiger partial charge in [0.05, 0.1) is 17.0 Å². The Morgan fingerprint density at radius 2 is 1.80 bits per heavy atom. The lowest BCUT2D eigenvalue weighted by Crippen LogP contribution is -2.30. The minimum Gasteiger partial charge on any atom is -0.364 e. The van der Waals surface area contributed by atoms with Gasteiger partial charge in [-0.15, -0.1) is 0 Å². The molecule has 0 saturated heterocycles. The number of carbonyl (C=O) groups excluding carboxylic acids is 3. The van der Waals surface area contributed by atoms with Crippen LogP contribution in [0.3, 0.4) is 0 Å². The average Bonchev–Trinajstić information content (AvgIpc) is 3.17. The molecule has 11 heteroatoms. The highest BCUT2D eigenvalue weighted by atomic mass is 35.5. The number of rotatable bonds is 5. The van der Waals surface area contributed by atoms with Crippen LogP contribution >= 0.6 is 11.6 Å². The van der Waals surface area contributed by atoms with Crippen molar-refractivity contribution in [2.45, 2.75) is 31.7 Å². The van der Waals surface area contributed by atoms with Gasteiger partial charge in [0.2, 0.25) is 5.91 Å². The number of benzene rings is 1. The fourth-order valence-electron chi connectivity index (χ4n) is 3.64. The predicted octanol–water partition coefficient (Wildman–Crippen LogP) is 2.64. The van der Waals surface area contributed by atoms with E-state index in [2.05, 4.69) is 15.6 Å².